The van der Waals surface area contributed by atoms with Gasteiger partial charge in [-0.15, -0.1) is 0 Å². The monoisotopic (exact) mass is 752 g/mol. The number of nitrogens with zero attached hydrogens (tertiary/aromatic N) is 2. The minimum Gasteiger partial charge on any atom is -0.309 e. The van der Waals surface area contributed by atoms with Crippen LogP contribution in [0.1, 0.15) is 50.7 Å². The minimum absolute atomic E-state index is 1.09. The molecule has 2 aromatic heterocycles. The number of aryl methyl sites for hydroxylation is 2. The van der Waals surface area contributed by atoms with Crippen molar-refractivity contribution in [3.8, 4) is 22.5 Å². The van der Waals surface area contributed by atoms with Gasteiger partial charge < -0.3 is 9.13 Å². The summed E-state index contributed by atoms with van der Waals surface area (Å²) in [4.78, 5) is 0. The van der Waals surface area contributed by atoms with Crippen molar-refractivity contribution in [2.24, 2.45) is 0 Å². The Hall–Kier alpha value is -4.12. The summed E-state index contributed by atoms with van der Waals surface area (Å²) in [6, 6.07) is 45.4. The number of hydrogen-bond donors (Lipinski definition) is 0. The highest BCUT2D eigenvalue weighted by molar-refractivity contribution is 9.10. The smallest absolute Gasteiger partial charge is 0.0552 e. The molecule has 8 rings (SSSR count). The summed E-state index contributed by atoms with van der Waals surface area (Å²) >= 11 is 7.46. The quantitative estimate of drug-likeness (QED) is 0.139. The maximum Gasteiger partial charge on any atom is 0.0552 e. The molecule has 0 radical (unpaired) electrons. The van der Waals surface area contributed by atoms with Crippen LogP contribution in [0.3, 0.4) is 0 Å². The SMILES string of the molecule is CCCCc1ccc2c(c1)c1ccc(Br)cc1n2-c1ccc(-c2ccc(-n3c4ccc(CCCC)cc4c4ccc(Br)cc43)cc2)cc1. The molecule has 0 aliphatic rings. The molecule has 0 amide bonds. The second-order valence-corrected chi connectivity index (χ2v) is 14.8. The summed E-state index contributed by atoms with van der Waals surface area (Å²) in [5.41, 5.74) is 12.5. The molecule has 4 heteroatoms. The van der Waals surface area contributed by atoms with Crippen LogP contribution < -0.4 is 0 Å². The third-order valence-electron chi connectivity index (χ3n) is 9.81. The highest BCUT2D eigenvalue weighted by Crippen LogP contribution is 2.37. The zero-order valence-electron chi connectivity index (χ0n) is 27.4. The average Bonchev–Trinajstić information content (AvgIpc) is 3.60. The zero-order valence-corrected chi connectivity index (χ0v) is 30.6. The molecule has 0 spiro atoms. The standard InChI is InChI=1S/C44H38Br2N2/c1-3-5-7-29-9-23-41-39(25-29)37-21-15-33(45)27-43(37)47(41)35-17-11-31(12-18-35)32-13-19-36(20-14-32)48-42-24-10-30(8-6-4-2)26-40(42)38-22-16-34(46)28-44(38)48/h9-28H,3-8H2,1-2H3. The van der Waals surface area contributed by atoms with Gasteiger partial charge in [0.05, 0.1) is 22.1 Å². The summed E-state index contributed by atoms with van der Waals surface area (Å²) in [5.74, 6) is 0. The molecule has 48 heavy (non-hydrogen) atoms. The van der Waals surface area contributed by atoms with E-state index in [4.69, 9.17) is 0 Å². The van der Waals surface area contributed by atoms with Gasteiger partial charge in [-0.05, 0) is 121 Å². The summed E-state index contributed by atoms with van der Waals surface area (Å²) < 4.78 is 6.99. The molecule has 0 saturated heterocycles. The number of aromatic nitrogens is 2. The highest BCUT2D eigenvalue weighted by Gasteiger charge is 2.16. The maximum absolute atomic E-state index is 3.73. The Balaban J connectivity index is 1.16. The van der Waals surface area contributed by atoms with Gasteiger partial charge >= 0.3 is 0 Å². The van der Waals surface area contributed by atoms with E-state index in [-0.39, 0.29) is 0 Å². The summed E-state index contributed by atoms with van der Waals surface area (Å²) in [6.07, 6.45) is 7.09. The molecule has 0 bridgehead atoms. The molecule has 0 atom stereocenters. The zero-order chi connectivity index (χ0) is 32.8. The van der Waals surface area contributed by atoms with E-state index < -0.39 is 0 Å². The molecule has 0 N–H and O–H groups in total. The van der Waals surface area contributed by atoms with Gasteiger partial charge in [0.15, 0.2) is 0 Å². The molecule has 2 heterocycles. The van der Waals surface area contributed by atoms with Gasteiger partial charge in [-0.2, -0.15) is 0 Å². The summed E-state index contributed by atoms with van der Waals surface area (Å²) in [6.45, 7) is 4.52. The highest BCUT2D eigenvalue weighted by atomic mass is 79.9. The van der Waals surface area contributed by atoms with Crippen LogP contribution >= 0.6 is 31.9 Å². The van der Waals surface area contributed by atoms with Crippen LogP contribution in [-0.4, -0.2) is 9.13 Å². The predicted molar refractivity (Wildman–Crippen MR) is 213 cm³/mol. The molecule has 238 valence electrons. The lowest BCUT2D eigenvalue weighted by molar-refractivity contribution is 0.796. The predicted octanol–water partition coefficient (Wildman–Crippen LogP) is 13.8. The van der Waals surface area contributed by atoms with Crippen LogP contribution in [0.2, 0.25) is 0 Å². The molecular weight excluding hydrogens is 716 g/mol. The lowest BCUT2D eigenvalue weighted by Gasteiger charge is -2.12. The second kappa shape index (κ2) is 13.1. The fourth-order valence-electron chi connectivity index (χ4n) is 7.32. The molecule has 0 saturated carbocycles. The number of fused-ring (bicyclic) bond motifs is 6. The van der Waals surface area contributed by atoms with Crippen molar-refractivity contribution in [3.63, 3.8) is 0 Å². The topological polar surface area (TPSA) is 9.86 Å². The molecule has 0 unspecified atom stereocenters. The normalized spacial score (nSPS) is 11.8. The fraction of sp³-hybridized carbons (Fsp3) is 0.182. The van der Waals surface area contributed by atoms with E-state index in [0.717, 1.165) is 21.8 Å². The van der Waals surface area contributed by atoms with Crippen LogP contribution in [0.25, 0.3) is 66.1 Å². The number of halogens is 2. The van der Waals surface area contributed by atoms with Crippen LogP contribution in [0.5, 0.6) is 0 Å². The van der Waals surface area contributed by atoms with Crippen molar-refractivity contribution in [2.75, 3.05) is 0 Å². The van der Waals surface area contributed by atoms with E-state index in [2.05, 4.69) is 176 Å². The van der Waals surface area contributed by atoms with Gasteiger partial charge in [0.25, 0.3) is 0 Å². The third-order valence-corrected chi connectivity index (χ3v) is 10.8. The first kappa shape index (κ1) is 31.2. The molecule has 0 fully saturated rings. The van der Waals surface area contributed by atoms with Gasteiger partial charge in [-0.3, -0.25) is 0 Å². The first-order valence-corrected chi connectivity index (χ1v) is 18.8. The average molecular weight is 755 g/mol. The van der Waals surface area contributed by atoms with Crippen molar-refractivity contribution in [1.82, 2.24) is 9.13 Å². The number of benzene rings is 6. The van der Waals surface area contributed by atoms with E-state index in [1.54, 1.807) is 0 Å². The Morgan fingerprint density at radius 1 is 0.417 bits per heavy atom. The van der Waals surface area contributed by atoms with Gasteiger partial charge in [-0.25, -0.2) is 0 Å². The van der Waals surface area contributed by atoms with Gasteiger partial charge in [0.2, 0.25) is 0 Å². The van der Waals surface area contributed by atoms with Crippen LogP contribution in [0.4, 0.5) is 0 Å². The molecule has 6 aromatic carbocycles. The van der Waals surface area contributed by atoms with E-state index in [1.165, 1.54) is 103 Å². The van der Waals surface area contributed by atoms with Crippen LogP contribution in [0.15, 0.2) is 130 Å². The van der Waals surface area contributed by atoms with Crippen molar-refractivity contribution in [3.05, 3.63) is 141 Å². The fourth-order valence-corrected chi connectivity index (χ4v) is 8.02. The Bertz CT molecular complexity index is 2260. The molecular formula is C44H38Br2N2. The Kier molecular flexibility index (Phi) is 8.48. The summed E-state index contributed by atoms with van der Waals surface area (Å²) in [5, 5.41) is 5.22. The van der Waals surface area contributed by atoms with Gasteiger partial charge in [0, 0.05) is 41.9 Å². The lowest BCUT2D eigenvalue weighted by atomic mass is 10.0. The van der Waals surface area contributed by atoms with Crippen molar-refractivity contribution < 1.29 is 0 Å². The largest absolute Gasteiger partial charge is 0.309 e. The Morgan fingerprint density at radius 2 is 0.833 bits per heavy atom. The van der Waals surface area contributed by atoms with E-state index >= 15 is 0 Å². The van der Waals surface area contributed by atoms with Gasteiger partial charge in [-0.1, -0.05) is 107 Å². The van der Waals surface area contributed by atoms with Gasteiger partial charge in [0.1, 0.15) is 0 Å². The molecule has 0 aliphatic heterocycles. The van der Waals surface area contributed by atoms with Crippen molar-refractivity contribution >= 4 is 75.5 Å². The van der Waals surface area contributed by atoms with Crippen LogP contribution in [0, 0.1) is 0 Å². The maximum atomic E-state index is 3.73. The number of hydrogen-bond acceptors (Lipinski definition) is 0. The Labute approximate surface area is 299 Å². The van der Waals surface area contributed by atoms with E-state index in [1.807, 2.05) is 0 Å². The molecule has 0 aliphatic carbocycles. The van der Waals surface area contributed by atoms with Crippen molar-refractivity contribution in [2.45, 2.75) is 52.4 Å². The molecule has 2 nitrogen and oxygen atoms in total. The number of unbranched alkanes of at least 4 members (excludes halogenated alkanes) is 2. The molecule has 8 aromatic rings. The lowest BCUT2D eigenvalue weighted by Crippen LogP contribution is -1.95. The second-order valence-electron chi connectivity index (χ2n) is 13.0. The first-order chi connectivity index (χ1) is 23.5. The number of rotatable bonds is 9. The third kappa shape index (κ3) is 5.59. The first-order valence-electron chi connectivity index (χ1n) is 17.2. The van der Waals surface area contributed by atoms with Crippen molar-refractivity contribution in [1.29, 1.82) is 0 Å². The van der Waals surface area contributed by atoms with E-state index in [9.17, 15) is 0 Å². The minimum atomic E-state index is 1.09. The van der Waals surface area contributed by atoms with Crippen LogP contribution in [-0.2, 0) is 12.8 Å². The Morgan fingerprint density at radius 3 is 1.23 bits per heavy atom. The summed E-state index contributed by atoms with van der Waals surface area (Å²) in [7, 11) is 0. The van der Waals surface area contributed by atoms with E-state index in [0.29, 0.717) is 0 Å².